The second-order valence-electron chi connectivity index (χ2n) is 7.83. The van der Waals surface area contributed by atoms with Gasteiger partial charge in [-0.1, -0.05) is 56.6 Å². The highest BCUT2D eigenvalue weighted by molar-refractivity contribution is 6.31. The molecule has 2 heterocycles. The quantitative estimate of drug-likeness (QED) is 0.638. The number of carbonyl (C=O) groups is 2. The molecule has 0 aromatic heterocycles. The highest BCUT2D eigenvalue weighted by atomic mass is 35.5. The first-order valence-corrected chi connectivity index (χ1v) is 9.04. The van der Waals surface area contributed by atoms with Crippen LogP contribution in [0.25, 0.3) is 0 Å². The molecule has 0 N–H and O–H groups in total. The van der Waals surface area contributed by atoms with Gasteiger partial charge in [-0.3, -0.25) is 14.5 Å². The number of aliphatic imine (C=N–C) groups is 1. The lowest BCUT2D eigenvalue weighted by Crippen LogP contribution is -2.57. The lowest BCUT2D eigenvalue weighted by Gasteiger charge is -2.44. The molecule has 1 atom stereocenters. The number of amides is 2. The van der Waals surface area contributed by atoms with Gasteiger partial charge in [0.2, 0.25) is 5.60 Å². The smallest absolute Gasteiger partial charge is 0.283 e. The summed E-state index contributed by atoms with van der Waals surface area (Å²) >= 11 is 6.19. The maximum absolute atomic E-state index is 13.5. The molecule has 27 heavy (non-hydrogen) atoms. The Kier molecular flexibility index (Phi) is 3.72. The fourth-order valence-corrected chi connectivity index (χ4v) is 3.67. The van der Waals surface area contributed by atoms with Crippen molar-refractivity contribution in [3.63, 3.8) is 0 Å². The van der Waals surface area contributed by atoms with Crippen molar-refractivity contribution in [3.8, 4) is 0 Å². The van der Waals surface area contributed by atoms with E-state index >= 15 is 0 Å². The van der Waals surface area contributed by atoms with Gasteiger partial charge in [-0.25, -0.2) is 4.99 Å². The van der Waals surface area contributed by atoms with Gasteiger partial charge < -0.3 is 4.74 Å². The maximum atomic E-state index is 13.5. The average molecular weight is 383 g/mol. The van der Waals surface area contributed by atoms with Crippen molar-refractivity contribution >= 4 is 35.0 Å². The summed E-state index contributed by atoms with van der Waals surface area (Å²) in [6.45, 7) is 5.88. The van der Waals surface area contributed by atoms with E-state index in [1.54, 1.807) is 42.5 Å². The normalized spacial score (nSPS) is 21.5. The number of hydrogen-bond acceptors (Lipinski definition) is 4. The van der Waals surface area contributed by atoms with E-state index in [1.807, 2.05) is 20.8 Å². The third kappa shape index (κ3) is 2.42. The molecular formula is C21H19ClN2O3. The van der Waals surface area contributed by atoms with Crippen molar-refractivity contribution < 1.29 is 14.3 Å². The zero-order valence-corrected chi connectivity index (χ0v) is 16.3. The molecule has 2 aromatic rings. The van der Waals surface area contributed by atoms with Gasteiger partial charge >= 0.3 is 0 Å². The molecule has 0 radical (unpaired) electrons. The van der Waals surface area contributed by atoms with Crippen LogP contribution in [0.4, 0.5) is 5.69 Å². The number of halogens is 1. The zero-order chi connectivity index (χ0) is 19.6. The number of hydrogen-bond donors (Lipinski definition) is 0. The molecule has 0 aliphatic carbocycles. The molecule has 138 valence electrons. The molecule has 0 bridgehead atoms. The van der Waals surface area contributed by atoms with Crippen LogP contribution in [0.15, 0.2) is 47.5 Å². The van der Waals surface area contributed by atoms with E-state index in [2.05, 4.69) is 4.99 Å². The van der Waals surface area contributed by atoms with Crippen LogP contribution in [0.3, 0.4) is 0 Å². The first-order chi connectivity index (χ1) is 12.7. The fraction of sp³-hybridized carbons (Fsp3) is 0.286. The van der Waals surface area contributed by atoms with Gasteiger partial charge in [0.15, 0.2) is 5.90 Å². The average Bonchev–Trinajstić information content (AvgIpc) is 2.63. The van der Waals surface area contributed by atoms with Gasteiger partial charge in [0.25, 0.3) is 11.8 Å². The summed E-state index contributed by atoms with van der Waals surface area (Å²) in [6, 6.07) is 12.2. The molecule has 1 unspecified atom stereocenters. The molecule has 2 aromatic carbocycles. The highest BCUT2D eigenvalue weighted by Gasteiger charge is 2.57. The van der Waals surface area contributed by atoms with Gasteiger partial charge in [0.05, 0.1) is 5.69 Å². The van der Waals surface area contributed by atoms with Gasteiger partial charge in [0.1, 0.15) is 0 Å². The summed E-state index contributed by atoms with van der Waals surface area (Å²) in [5, 5.41) is 0.517. The SMILES string of the molecule is CN1C(=O)c2ccccc2C2(OC(C(C)(C)C)=Nc3cc(Cl)ccc32)C1=O. The van der Waals surface area contributed by atoms with Crippen LogP contribution in [0, 0.1) is 5.41 Å². The van der Waals surface area contributed by atoms with Crippen LogP contribution < -0.4 is 0 Å². The molecule has 0 saturated heterocycles. The molecule has 1 spiro atoms. The number of benzene rings is 2. The Bertz CT molecular complexity index is 1020. The number of likely N-dealkylation sites (N-methyl/N-ethyl adjacent to an activating group) is 1. The van der Waals surface area contributed by atoms with E-state index in [1.165, 1.54) is 7.05 Å². The first kappa shape index (κ1) is 17.7. The van der Waals surface area contributed by atoms with E-state index in [0.29, 0.717) is 33.3 Å². The summed E-state index contributed by atoms with van der Waals surface area (Å²) in [6.07, 6.45) is 0. The van der Waals surface area contributed by atoms with Crippen molar-refractivity contribution in [2.75, 3.05) is 7.05 Å². The Morgan fingerprint density at radius 3 is 2.48 bits per heavy atom. The van der Waals surface area contributed by atoms with Crippen LogP contribution in [0.5, 0.6) is 0 Å². The minimum absolute atomic E-state index is 0.347. The van der Waals surface area contributed by atoms with E-state index in [9.17, 15) is 9.59 Å². The molecule has 5 nitrogen and oxygen atoms in total. The maximum Gasteiger partial charge on any atom is 0.283 e. The Morgan fingerprint density at radius 1 is 1.07 bits per heavy atom. The highest BCUT2D eigenvalue weighted by Crippen LogP contribution is 2.49. The van der Waals surface area contributed by atoms with Crippen molar-refractivity contribution in [1.29, 1.82) is 0 Å². The number of ether oxygens (including phenoxy) is 1. The zero-order valence-electron chi connectivity index (χ0n) is 15.5. The second kappa shape index (κ2) is 5.67. The van der Waals surface area contributed by atoms with Crippen LogP contribution in [0.1, 0.15) is 42.3 Å². The van der Waals surface area contributed by atoms with Gasteiger partial charge in [-0.05, 0) is 18.2 Å². The monoisotopic (exact) mass is 382 g/mol. The molecule has 2 aliphatic rings. The van der Waals surface area contributed by atoms with E-state index in [-0.39, 0.29) is 5.91 Å². The fourth-order valence-electron chi connectivity index (χ4n) is 3.51. The van der Waals surface area contributed by atoms with Gasteiger partial charge in [0, 0.05) is 34.2 Å². The molecule has 0 saturated carbocycles. The number of carbonyl (C=O) groups excluding carboxylic acids is 2. The predicted molar refractivity (Wildman–Crippen MR) is 103 cm³/mol. The number of imide groups is 1. The largest absolute Gasteiger partial charge is 0.454 e. The van der Waals surface area contributed by atoms with Crippen molar-refractivity contribution in [3.05, 3.63) is 64.2 Å². The van der Waals surface area contributed by atoms with Crippen LogP contribution >= 0.6 is 11.6 Å². The standard InChI is InChI=1S/C21H19ClN2O3/c1-20(2,3)18-23-16-11-12(22)9-10-15(16)21(27-18)14-8-6-5-7-13(14)17(25)24(4)19(21)26/h5-11H,1-4H3. The van der Waals surface area contributed by atoms with E-state index in [4.69, 9.17) is 16.3 Å². The topological polar surface area (TPSA) is 59.0 Å². The van der Waals surface area contributed by atoms with E-state index < -0.39 is 16.9 Å². The summed E-state index contributed by atoms with van der Waals surface area (Å²) < 4.78 is 6.37. The third-order valence-electron chi connectivity index (χ3n) is 4.90. The van der Waals surface area contributed by atoms with Crippen molar-refractivity contribution in [1.82, 2.24) is 4.90 Å². The Morgan fingerprint density at radius 2 is 1.78 bits per heavy atom. The van der Waals surface area contributed by atoms with Crippen molar-refractivity contribution in [2.24, 2.45) is 10.4 Å². The molecule has 4 rings (SSSR count). The van der Waals surface area contributed by atoms with Crippen LogP contribution in [0.2, 0.25) is 5.02 Å². The van der Waals surface area contributed by atoms with Crippen molar-refractivity contribution in [2.45, 2.75) is 26.4 Å². The molecule has 0 fully saturated rings. The number of rotatable bonds is 0. The molecular weight excluding hydrogens is 364 g/mol. The third-order valence-corrected chi connectivity index (χ3v) is 5.13. The number of nitrogens with zero attached hydrogens (tertiary/aromatic N) is 2. The lowest BCUT2D eigenvalue weighted by atomic mass is 9.77. The Labute approximate surface area is 162 Å². The minimum Gasteiger partial charge on any atom is -0.454 e. The molecule has 6 heteroatoms. The lowest BCUT2D eigenvalue weighted by molar-refractivity contribution is -0.144. The Balaban J connectivity index is 2.11. The summed E-state index contributed by atoms with van der Waals surface area (Å²) in [4.78, 5) is 31.9. The minimum atomic E-state index is -1.47. The molecule has 2 amide bonds. The molecule has 2 aliphatic heterocycles. The summed E-state index contributed by atoms with van der Waals surface area (Å²) in [5.41, 5.74) is 0.210. The van der Waals surface area contributed by atoms with Gasteiger partial charge in [-0.2, -0.15) is 0 Å². The van der Waals surface area contributed by atoms with Gasteiger partial charge in [-0.15, -0.1) is 0 Å². The Hall–Kier alpha value is -2.66. The second-order valence-corrected chi connectivity index (χ2v) is 8.26. The summed E-state index contributed by atoms with van der Waals surface area (Å²) in [5.74, 6) is -0.366. The first-order valence-electron chi connectivity index (χ1n) is 8.66. The van der Waals surface area contributed by atoms with Crippen LogP contribution in [-0.4, -0.2) is 29.7 Å². The van der Waals surface area contributed by atoms with E-state index in [0.717, 1.165) is 4.90 Å². The predicted octanol–water partition coefficient (Wildman–Crippen LogP) is 4.30. The number of fused-ring (bicyclic) bond motifs is 4. The summed E-state index contributed by atoms with van der Waals surface area (Å²) in [7, 11) is 1.48. The van der Waals surface area contributed by atoms with Crippen LogP contribution in [-0.2, 0) is 15.1 Å².